The molecule has 15 heavy (non-hydrogen) atoms. The molecule has 0 amide bonds. The van der Waals surface area contributed by atoms with Crippen LogP contribution in [-0.2, 0) is 0 Å². The lowest BCUT2D eigenvalue weighted by molar-refractivity contribution is 0.863. The Hall–Kier alpha value is -1.65. The Bertz CT molecular complexity index is 591. The third-order valence-electron chi connectivity index (χ3n) is 3.01. The molecule has 3 rings (SSSR count). The number of hydrogen-bond acceptors (Lipinski definition) is 3. The minimum atomic E-state index is -0.155. The highest BCUT2D eigenvalue weighted by Crippen LogP contribution is 2.39. The third kappa shape index (κ3) is 1.12. The molecule has 0 aromatic carbocycles. The Labute approximate surface area is 86.2 Å². The molecule has 2 heterocycles. The van der Waals surface area contributed by atoms with Crippen LogP contribution in [-0.4, -0.2) is 19.6 Å². The van der Waals surface area contributed by atoms with E-state index in [1.807, 2.05) is 18.2 Å². The predicted octanol–water partition coefficient (Wildman–Crippen LogP) is 0.912. The SMILES string of the molecule is Cc1[nH]c(=O)c2nnc(C3CC3)n2c1C. The standard InChI is InChI=1S/C10H12N4O/c1-5-6(2)14-8(7-3-4-7)12-13-9(14)10(15)11-5/h7H,3-4H2,1-2H3,(H,11,15). The van der Waals surface area contributed by atoms with Crippen LogP contribution in [0.1, 0.15) is 36.0 Å². The summed E-state index contributed by atoms with van der Waals surface area (Å²) in [6.07, 6.45) is 2.32. The van der Waals surface area contributed by atoms with E-state index >= 15 is 0 Å². The maximum absolute atomic E-state index is 11.6. The van der Waals surface area contributed by atoms with Crippen LogP contribution in [0.5, 0.6) is 0 Å². The van der Waals surface area contributed by atoms with Gasteiger partial charge in [0.25, 0.3) is 5.56 Å². The van der Waals surface area contributed by atoms with Crippen molar-refractivity contribution >= 4 is 5.65 Å². The maximum atomic E-state index is 11.6. The van der Waals surface area contributed by atoms with E-state index in [-0.39, 0.29) is 5.56 Å². The molecule has 0 aliphatic heterocycles. The summed E-state index contributed by atoms with van der Waals surface area (Å²) in [5.41, 5.74) is 2.17. The van der Waals surface area contributed by atoms with Gasteiger partial charge >= 0.3 is 0 Å². The average molecular weight is 204 g/mol. The van der Waals surface area contributed by atoms with E-state index in [0.717, 1.165) is 30.1 Å². The summed E-state index contributed by atoms with van der Waals surface area (Å²) >= 11 is 0. The molecular formula is C10H12N4O. The molecule has 78 valence electrons. The van der Waals surface area contributed by atoms with E-state index < -0.39 is 0 Å². The molecule has 1 saturated carbocycles. The van der Waals surface area contributed by atoms with Crippen LogP contribution < -0.4 is 5.56 Å². The van der Waals surface area contributed by atoms with Gasteiger partial charge in [0, 0.05) is 17.3 Å². The number of aryl methyl sites for hydroxylation is 2. The second-order valence-corrected chi connectivity index (χ2v) is 4.16. The minimum Gasteiger partial charge on any atom is -0.321 e. The first-order valence-electron chi connectivity index (χ1n) is 5.13. The molecule has 2 aromatic rings. The molecular weight excluding hydrogens is 192 g/mol. The van der Waals surface area contributed by atoms with Gasteiger partial charge in [-0.05, 0) is 26.7 Å². The van der Waals surface area contributed by atoms with Gasteiger partial charge in [-0.15, -0.1) is 10.2 Å². The van der Waals surface area contributed by atoms with Crippen molar-refractivity contribution in [3.05, 3.63) is 27.6 Å². The number of rotatable bonds is 1. The van der Waals surface area contributed by atoms with Crippen LogP contribution >= 0.6 is 0 Å². The monoisotopic (exact) mass is 204 g/mol. The molecule has 0 saturated heterocycles. The lowest BCUT2D eigenvalue weighted by Gasteiger charge is -2.04. The van der Waals surface area contributed by atoms with Gasteiger partial charge < -0.3 is 4.98 Å². The van der Waals surface area contributed by atoms with Crippen molar-refractivity contribution in [3.8, 4) is 0 Å². The molecule has 1 aliphatic carbocycles. The second-order valence-electron chi connectivity index (χ2n) is 4.16. The van der Waals surface area contributed by atoms with E-state index in [2.05, 4.69) is 15.2 Å². The maximum Gasteiger partial charge on any atom is 0.293 e. The van der Waals surface area contributed by atoms with E-state index in [9.17, 15) is 4.79 Å². The van der Waals surface area contributed by atoms with Crippen LogP contribution in [0.4, 0.5) is 0 Å². The topological polar surface area (TPSA) is 63.0 Å². The molecule has 0 spiro atoms. The molecule has 0 radical (unpaired) electrons. The third-order valence-corrected chi connectivity index (χ3v) is 3.01. The van der Waals surface area contributed by atoms with Crippen molar-refractivity contribution in [2.45, 2.75) is 32.6 Å². The van der Waals surface area contributed by atoms with Crippen molar-refractivity contribution in [1.82, 2.24) is 19.6 Å². The number of nitrogens with one attached hydrogen (secondary N) is 1. The molecule has 0 atom stereocenters. The highest BCUT2D eigenvalue weighted by Gasteiger charge is 2.29. The van der Waals surface area contributed by atoms with Crippen LogP contribution in [0, 0.1) is 13.8 Å². The number of aromatic nitrogens is 4. The molecule has 5 nitrogen and oxygen atoms in total. The zero-order chi connectivity index (χ0) is 10.6. The van der Waals surface area contributed by atoms with Gasteiger partial charge in [0.15, 0.2) is 0 Å². The van der Waals surface area contributed by atoms with Gasteiger partial charge in [-0.2, -0.15) is 0 Å². The Balaban J connectivity index is 2.45. The fraction of sp³-hybridized carbons (Fsp3) is 0.500. The molecule has 2 aromatic heterocycles. The fourth-order valence-corrected chi connectivity index (χ4v) is 1.86. The molecule has 0 bridgehead atoms. The lowest BCUT2D eigenvalue weighted by atomic mass is 10.3. The van der Waals surface area contributed by atoms with E-state index in [0.29, 0.717) is 11.6 Å². The number of nitrogens with zero attached hydrogens (tertiary/aromatic N) is 3. The highest BCUT2D eigenvalue weighted by atomic mass is 16.1. The zero-order valence-corrected chi connectivity index (χ0v) is 8.74. The van der Waals surface area contributed by atoms with Gasteiger partial charge in [0.2, 0.25) is 5.65 Å². The van der Waals surface area contributed by atoms with E-state index in [4.69, 9.17) is 0 Å². The second kappa shape index (κ2) is 2.68. The van der Waals surface area contributed by atoms with E-state index in [1.54, 1.807) is 0 Å². The van der Waals surface area contributed by atoms with Crippen molar-refractivity contribution < 1.29 is 0 Å². The van der Waals surface area contributed by atoms with Gasteiger partial charge in [-0.25, -0.2) is 0 Å². The number of H-pyrrole nitrogens is 1. The van der Waals surface area contributed by atoms with Crippen molar-refractivity contribution in [2.75, 3.05) is 0 Å². The summed E-state index contributed by atoms with van der Waals surface area (Å²) in [4.78, 5) is 14.4. The Morgan fingerprint density at radius 1 is 1.33 bits per heavy atom. The van der Waals surface area contributed by atoms with Crippen LogP contribution in [0.25, 0.3) is 5.65 Å². The normalized spacial score (nSPS) is 16.1. The van der Waals surface area contributed by atoms with Crippen LogP contribution in [0.2, 0.25) is 0 Å². The Morgan fingerprint density at radius 2 is 2.07 bits per heavy atom. The summed E-state index contributed by atoms with van der Waals surface area (Å²) in [5, 5.41) is 8.06. The van der Waals surface area contributed by atoms with Crippen LogP contribution in [0.3, 0.4) is 0 Å². The first kappa shape index (κ1) is 8.64. The van der Waals surface area contributed by atoms with Crippen molar-refractivity contribution in [3.63, 3.8) is 0 Å². The summed E-state index contributed by atoms with van der Waals surface area (Å²) in [7, 11) is 0. The number of hydrogen-bond donors (Lipinski definition) is 1. The summed E-state index contributed by atoms with van der Waals surface area (Å²) in [6.45, 7) is 3.88. The first-order chi connectivity index (χ1) is 7.18. The number of aromatic amines is 1. The van der Waals surface area contributed by atoms with Gasteiger partial charge in [-0.1, -0.05) is 0 Å². The van der Waals surface area contributed by atoms with Crippen molar-refractivity contribution in [1.29, 1.82) is 0 Å². The molecule has 1 aliphatic rings. The Kier molecular flexibility index (Phi) is 1.55. The summed E-state index contributed by atoms with van der Waals surface area (Å²) in [6, 6.07) is 0. The first-order valence-corrected chi connectivity index (χ1v) is 5.13. The van der Waals surface area contributed by atoms with Crippen molar-refractivity contribution in [2.24, 2.45) is 0 Å². The largest absolute Gasteiger partial charge is 0.321 e. The van der Waals surface area contributed by atoms with Gasteiger partial charge in [0.1, 0.15) is 5.82 Å². The molecule has 0 unspecified atom stereocenters. The predicted molar refractivity (Wildman–Crippen MR) is 55.1 cm³/mol. The number of fused-ring (bicyclic) bond motifs is 1. The van der Waals surface area contributed by atoms with Gasteiger partial charge in [0.05, 0.1) is 0 Å². The zero-order valence-electron chi connectivity index (χ0n) is 8.74. The summed E-state index contributed by atoms with van der Waals surface area (Å²) in [5.74, 6) is 1.44. The lowest BCUT2D eigenvalue weighted by Crippen LogP contribution is -2.15. The summed E-state index contributed by atoms with van der Waals surface area (Å²) < 4.78 is 1.89. The molecule has 5 heteroatoms. The quantitative estimate of drug-likeness (QED) is 0.751. The fourth-order valence-electron chi connectivity index (χ4n) is 1.86. The highest BCUT2D eigenvalue weighted by molar-refractivity contribution is 5.39. The molecule has 1 fully saturated rings. The molecule has 1 N–H and O–H groups in total. The van der Waals surface area contributed by atoms with Gasteiger partial charge in [-0.3, -0.25) is 9.20 Å². The minimum absolute atomic E-state index is 0.155. The smallest absolute Gasteiger partial charge is 0.293 e. The average Bonchev–Trinajstić information content (AvgIpc) is 2.94. The van der Waals surface area contributed by atoms with Crippen LogP contribution in [0.15, 0.2) is 4.79 Å². The Morgan fingerprint density at radius 3 is 2.73 bits per heavy atom. The van der Waals surface area contributed by atoms with E-state index in [1.165, 1.54) is 0 Å².